The molecule has 2 saturated carbocycles. The van der Waals surface area contributed by atoms with Gasteiger partial charge in [0, 0.05) is 50.1 Å². The Morgan fingerprint density at radius 2 is 1.44 bits per heavy atom. The molecule has 2 aromatic heterocycles. The molecule has 0 radical (unpaired) electrons. The molecule has 3 fully saturated rings. The zero-order valence-electron chi connectivity index (χ0n) is 19.7. The van der Waals surface area contributed by atoms with Crippen LogP contribution in [0.15, 0.2) is 48.7 Å². The molecule has 3 aromatic rings. The molecule has 3 heterocycles. The quantitative estimate of drug-likeness (QED) is 0.581. The Hall–Kier alpha value is -2.97. The van der Waals surface area contributed by atoms with Crippen LogP contribution in [0, 0.1) is 0 Å². The third-order valence-electron chi connectivity index (χ3n) is 7.76. The van der Waals surface area contributed by atoms with Crippen LogP contribution in [0.2, 0.25) is 0 Å². The molecule has 8 nitrogen and oxygen atoms in total. The number of nitrogens with one attached hydrogen (secondary N) is 1. The first-order chi connectivity index (χ1) is 16.7. The number of pyridine rings is 1. The van der Waals surface area contributed by atoms with Crippen LogP contribution in [-0.4, -0.2) is 67.8 Å². The highest BCUT2D eigenvalue weighted by Gasteiger charge is 2.34. The molecule has 3 aliphatic rings. The van der Waals surface area contributed by atoms with Crippen molar-refractivity contribution in [1.29, 1.82) is 0 Å². The van der Waals surface area contributed by atoms with Gasteiger partial charge in [-0.15, -0.1) is 5.10 Å². The second-order valence-corrected chi connectivity index (χ2v) is 9.95. The van der Waals surface area contributed by atoms with Gasteiger partial charge < -0.3 is 11.1 Å². The predicted molar refractivity (Wildman–Crippen MR) is 134 cm³/mol. The average Bonchev–Trinajstić information content (AvgIpc) is 3.68. The SMILES string of the molecule is Nc1nc(Nc2ccc([C@H]3CC[C@@H](N4CCN(C5CC5)CC4)CC3)cc2)nn1-c1ccccn1. The van der Waals surface area contributed by atoms with E-state index in [9.17, 15) is 0 Å². The van der Waals surface area contributed by atoms with Gasteiger partial charge in [0.2, 0.25) is 11.9 Å². The summed E-state index contributed by atoms with van der Waals surface area (Å²) in [7, 11) is 0. The second-order valence-electron chi connectivity index (χ2n) is 9.95. The van der Waals surface area contributed by atoms with Crippen LogP contribution in [0.4, 0.5) is 17.6 Å². The van der Waals surface area contributed by atoms with Gasteiger partial charge in [0.25, 0.3) is 0 Å². The molecule has 34 heavy (non-hydrogen) atoms. The maximum atomic E-state index is 6.04. The summed E-state index contributed by atoms with van der Waals surface area (Å²) >= 11 is 0. The van der Waals surface area contributed by atoms with Crippen molar-refractivity contribution in [2.24, 2.45) is 0 Å². The van der Waals surface area contributed by atoms with E-state index in [0.29, 0.717) is 23.6 Å². The minimum Gasteiger partial charge on any atom is -0.368 e. The molecule has 3 N–H and O–H groups in total. The van der Waals surface area contributed by atoms with E-state index in [4.69, 9.17) is 5.73 Å². The summed E-state index contributed by atoms with van der Waals surface area (Å²) in [6.07, 6.45) is 9.78. The van der Waals surface area contributed by atoms with E-state index >= 15 is 0 Å². The van der Waals surface area contributed by atoms with E-state index in [1.165, 1.54) is 70.3 Å². The second kappa shape index (κ2) is 9.35. The van der Waals surface area contributed by atoms with Crippen LogP contribution in [0.25, 0.3) is 5.82 Å². The average molecular weight is 459 g/mol. The minimum atomic E-state index is 0.309. The van der Waals surface area contributed by atoms with Gasteiger partial charge in [-0.2, -0.15) is 9.67 Å². The molecule has 1 aliphatic heterocycles. The summed E-state index contributed by atoms with van der Waals surface area (Å²) in [6.45, 7) is 5.08. The number of nitrogens with two attached hydrogens (primary N) is 1. The summed E-state index contributed by atoms with van der Waals surface area (Å²) in [5, 5.41) is 7.73. The third kappa shape index (κ3) is 4.65. The number of nitrogens with zero attached hydrogens (tertiary/aromatic N) is 6. The van der Waals surface area contributed by atoms with Crippen LogP contribution in [0.1, 0.15) is 50.0 Å². The lowest BCUT2D eigenvalue weighted by Crippen LogP contribution is -2.51. The van der Waals surface area contributed by atoms with Gasteiger partial charge >= 0.3 is 0 Å². The van der Waals surface area contributed by atoms with Crippen molar-refractivity contribution in [3.8, 4) is 5.82 Å². The Morgan fingerprint density at radius 3 is 2.03 bits per heavy atom. The summed E-state index contributed by atoms with van der Waals surface area (Å²) in [4.78, 5) is 14.1. The molecule has 6 rings (SSSR count). The van der Waals surface area contributed by atoms with Crippen LogP contribution in [0.5, 0.6) is 0 Å². The van der Waals surface area contributed by atoms with Gasteiger partial charge in [0.1, 0.15) is 0 Å². The Morgan fingerprint density at radius 1 is 0.794 bits per heavy atom. The Labute approximate surface area is 201 Å². The van der Waals surface area contributed by atoms with Gasteiger partial charge in [-0.25, -0.2) is 4.98 Å². The van der Waals surface area contributed by atoms with Crippen molar-refractivity contribution < 1.29 is 0 Å². The standard InChI is InChI=1S/C26H34N8/c27-25-30-26(31-34(25)24-3-1-2-14-28-24)29-21-8-4-19(5-9-21)20-6-10-22(11-7-20)32-15-17-33(18-16-32)23-12-13-23/h1-5,8-9,14,20,22-23H,6-7,10-13,15-18H2,(H3,27,29,30,31)/t20-,22+. The van der Waals surface area contributed by atoms with Crippen molar-refractivity contribution in [2.45, 2.75) is 56.5 Å². The van der Waals surface area contributed by atoms with Crippen LogP contribution < -0.4 is 11.1 Å². The van der Waals surface area contributed by atoms with Gasteiger partial charge in [-0.1, -0.05) is 18.2 Å². The smallest absolute Gasteiger partial charge is 0.248 e. The van der Waals surface area contributed by atoms with E-state index < -0.39 is 0 Å². The number of benzene rings is 1. The van der Waals surface area contributed by atoms with Crippen molar-refractivity contribution in [2.75, 3.05) is 37.2 Å². The molecule has 0 spiro atoms. The largest absolute Gasteiger partial charge is 0.368 e. The number of hydrogen-bond donors (Lipinski definition) is 2. The minimum absolute atomic E-state index is 0.309. The van der Waals surface area contributed by atoms with E-state index in [1.54, 1.807) is 10.9 Å². The Balaban J connectivity index is 1.02. The van der Waals surface area contributed by atoms with Crippen LogP contribution in [-0.2, 0) is 0 Å². The molecule has 0 unspecified atom stereocenters. The van der Waals surface area contributed by atoms with Crippen LogP contribution in [0.3, 0.4) is 0 Å². The summed E-state index contributed by atoms with van der Waals surface area (Å²) in [5.41, 5.74) is 8.44. The summed E-state index contributed by atoms with van der Waals surface area (Å²) < 4.78 is 1.54. The van der Waals surface area contributed by atoms with Gasteiger partial charge in [-0.3, -0.25) is 9.80 Å². The third-order valence-corrected chi connectivity index (χ3v) is 7.76. The summed E-state index contributed by atoms with van der Waals surface area (Å²) in [5.74, 6) is 2.09. The topological polar surface area (TPSA) is 88.1 Å². The monoisotopic (exact) mass is 458 g/mol. The first-order valence-corrected chi connectivity index (χ1v) is 12.7. The predicted octanol–water partition coefficient (Wildman–Crippen LogP) is 3.79. The maximum absolute atomic E-state index is 6.04. The maximum Gasteiger partial charge on any atom is 0.248 e. The molecule has 0 amide bonds. The number of hydrogen-bond acceptors (Lipinski definition) is 7. The summed E-state index contributed by atoms with van der Waals surface area (Å²) in [6, 6.07) is 16.1. The van der Waals surface area contributed by atoms with Gasteiger partial charge in [0.05, 0.1) is 0 Å². The fourth-order valence-electron chi connectivity index (χ4n) is 5.67. The van der Waals surface area contributed by atoms with Gasteiger partial charge in [-0.05, 0) is 74.3 Å². The van der Waals surface area contributed by atoms with Crippen molar-refractivity contribution in [3.05, 3.63) is 54.2 Å². The van der Waals surface area contributed by atoms with Crippen molar-refractivity contribution in [3.63, 3.8) is 0 Å². The molecule has 8 heteroatoms. The highest BCUT2D eigenvalue weighted by molar-refractivity contribution is 5.55. The van der Waals surface area contributed by atoms with Gasteiger partial charge in [0.15, 0.2) is 5.82 Å². The van der Waals surface area contributed by atoms with Crippen molar-refractivity contribution in [1.82, 2.24) is 29.5 Å². The molecule has 1 saturated heterocycles. The first kappa shape index (κ1) is 21.6. The molecule has 2 aliphatic carbocycles. The molecule has 0 bridgehead atoms. The lowest BCUT2D eigenvalue weighted by Gasteiger charge is -2.42. The lowest BCUT2D eigenvalue weighted by molar-refractivity contribution is 0.0724. The Bertz CT molecular complexity index is 1080. The molecule has 0 atom stereocenters. The normalized spacial score (nSPS) is 24.2. The Kier molecular flexibility index (Phi) is 5.93. The molecule has 1 aromatic carbocycles. The fraction of sp³-hybridized carbons (Fsp3) is 0.500. The lowest BCUT2D eigenvalue weighted by atomic mass is 9.81. The van der Waals surface area contributed by atoms with E-state index in [1.807, 2.05) is 18.2 Å². The molecular weight excluding hydrogens is 424 g/mol. The van der Waals surface area contributed by atoms with E-state index in [-0.39, 0.29) is 0 Å². The number of nitrogen functional groups attached to an aromatic ring is 1. The number of anilines is 3. The van der Waals surface area contributed by atoms with E-state index in [0.717, 1.165) is 17.8 Å². The van der Waals surface area contributed by atoms with Crippen molar-refractivity contribution >= 4 is 17.6 Å². The number of piperazine rings is 1. The first-order valence-electron chi connectivity index (χ1n) is 12.7. The highest BCUT2D eigenvalue weighted by atomic mass is 15.4. The number of rotatable bonds is 6. The van der Waals surface area contributed by atoms with E-state index in [2.05, 4.69) is 54.4 Å². The number of aromatic nitrogens is 4. The zero-order chi connectivity index (χ0) is 22.9. The zero-order valence-corrected chi connectivity index (χ0v) is 19.7. The molecule has 178 valence electrons. The van der Waals surface area contributed by atoms with Crippen LogP contribution >= 0.6 is 0 Å². The highest BCUT2D eigenvalue weighted by Crippen LogP contribution is 2.36. The fourth-order valence-corrected chi connectivity index (χ4v) is 5.67. The molecular formula is C26H34N8.